The number of carbonyl (C=O) groups is 1. The van der Waals surface area contributed by atoms with Gasteiger partial charge in [0.1, 0.15) is 5.58 Å². The van der Waals surface area contributed by atoms with Crippen molar-refractivity contribution in [1.29, 1.82) is 0 Å². The monoisotopic (exact) mass is 233 g/mol. The van der Waals surface area contributed by atoms with Crippen molar-refractivity contribution in [3.8, 4) is 5.75 Å². The predicted molar refractivity (Wildman–Crippen MR) is 63.1 cm³/mol. The molecule has 0 aliphatic carbocycles. The van der Waals surface area contributed by atoms with Gasteiger partial charge >= 0.3 is 5.63 Å². The molecule has 0 aliphatic heterocycles. The Bertz CT molecular complexity index is 630. The Hall–Kier alpha value is -2.30. The Labute approximate surface area is 96.7 Å². The molecule has 17 heavy (non-hydrogen) atoms. The topological polar surface area (TPSA) is 79.5 Å². The summed E-state index contributed by atoms with van der Waals surface area (Å²) in [6.07, 6.45) is 0.214. The summed E-state index contributed by atoms with van der Waals surface area (Å²) < 4.78 is 4.99. The molecular weight excluding hydrogens is 222 g/mol. The zero-order chi connectivity index (χ0) is 12.4. The summed E-state index contributed by atoms with van der Waals surface area (Å²) in [5, 5.41) is 12.6. The molecule has 0 fully saturated rings. The minimum absolute atomic E-state index is 0.212. The molecule has 0 bridgehead atoms. The van der Waals surface area contributed by atoms with Crippen LogP contribution in [0.4, 0.5) is 5.69 Å². The Morgan fingerprint density at radius 1 is 1.41 bits per heavy atom. The molecule has 0 radical (unpaired) electrons. The number of nitrogens with one attached hydrogen (secondary N) is 1. The summed E-state index contributed by atoms with van der Waals surface area (Å²) in [7, 11) is 0. The molecule has 0 atom stereocenters. The van der Waals surface area contributed by atoms with Gasteiger partial charge in [-0.2, -0.15) is 0 Å². The molecule has 0 saturated carbocycles. The van der Waals surface area contributed by atoms with Crippen LogP contribution in [0.2, 0.25) is 0 Å². The molecule has 1 amide bonds. The fourth-order valence-electron chi connectivity index (χ4n) is 1.47. The van der Waals surface area contributed by atoms with Gasteiger partial charge in [-0.15, -0.1) is 0 Å². The fraction of sp³-hybridized carbons (Fsp3) is 0.167. The van der Waals surface area contributed by atoms with Crippen LogP contribution in [0, 0.1) is 0 Å². The van der Waals surface area contributed by atoms with Gasteiger partial charge in [0, 0.05) is 6.42 Å². The van der Waals surface area contributed by atoms with Crippen molar-refractivity contribution in [2.45, 2.75) is 13.3 Å². The maximum atomic E-state index is 11.6. The van der Waals surface area contributed by atoms with Gasteiger partial charge in [-0.1, -0.05) is 19.1 Å². The minimum Gasteiger partial charge on any atom is -0.505 e. The molecule has 2 rings (SSSR count). The maximum Gasteiger partial charge on any atom is 0.364 e. The summed E-state index contributed by atoms with van der Waals surface area (Å²) in [5.41, 5.74) is -0.692. The number of anilines is 1. The van der Waals surface area contributed by atoms with E-state index in [2.05, 4.69) is 5.32 Å². The smallest absolute Gasteiger partial charge is 0.364 e. The van der Waals surface area contributed by atoms with E-state index in [-0.39, 0.29) is 29.3 Å². The number of rotatable bonds is 2. The van der Waals surface area contributed by atoms with Gasteiger partial charge in [0.15, 0.2) is 11.4 Å². The predicted octanol–water partition coefficient (Wildman–Crippen LogP) is 1.85. The molecule has 5 nitrogen and oxygen atoms in total. The van der Waals surface area contributed by atoms with Crippen molar-refractivity contribution in [2.75, 3.05) is 5.32 Å². The SMILES string of the molecule is CCC(=O)Nc1c(O)c2ccccc2oc1=O. The first-order valence-corrected chi connectivity index (χ1v) is 5.18. The van der Waals surface area contributed by atoms with E-state index >= 15 is 0 Å². The van der Waals surface area contributed by atoms with Gasteiger partial charge in [-0.25, -0.2) is 4.79 Å². The van der Waals surface area contributed by atoms with E-state index in [1.165, 1.54) is 0 Å². The van der Waals surface area contributed by atoms with Gasteiger partial charge in [-0.05, 0) is 12.1 Å². The lowest BCUT2D eigenvalue weighted by atomic mass is 10.2. The van der Waals surface area contributed by atoms with Crippen molar-refractivity contribution >= 4 is 22.6 Å². The first kappa shape index (κ1) is 11.2. The van der Waals surface area contributed by atoms with E-state index < -0.39 is 5.63 Å². The normalized spacial score (nSPS) is 10.4. The van der Waals surface area contributed by atoms with Crippen LogP contribution in [-0.2, 0) is 4.79 Å². The van der Waals surface area contributed by atoms with E-state index in [1.54, 1.807) is 31.2 Å². The third kappa shape index (κ3) is 1.99. The van der Waals surface area contributed by atoms with Gasteiger partial charge in [-0.3, -0.25) is 4.79 Å². The van der Waals surface area contributed by atoms with Gasteiger partial charge in [0.2, 0.25) is 5.91 Å². The number of hydrogen-bond donors (Lipinski definition) is 2. The molecular formula is C12H11NO4. The quantitative estimate of drug-likeness (QED) is 0.776. The molecule has 1 aromatic heterocycles. The molecule has 2 aromatic rings. The van der Waals surface area contributed by atoms with E-state index in [9.17, 15) is 14.7 Å². The van der Waals surface area contributed by atoms with Crippen molar-refractivity contribution in [3.05, 3.63) is 34.7 Å². The van der Waals surface area contributed by atoms with Crippen LogP contribution in [0.5, 0.6) is 5.75 Å². The average Bonchev–Trinajstić information content (AvgIpc) is 2.34. The highest BCUT2D eigenvalue weighted by atomic mass is 16.4. The van der Waals surface area contributed by atoms with Crippen LogP contribution in [0.3, 0.4) is 0 Å². The first-order valence-electron chi connectivity index (χ1n) is 5.18. The number of aromatic hydroxyl groups is 1. The third-order valence-electron chi connectivity index (χ3n) is 2.37. The maximum absolute atomic E-state index is 11.6. The zero-order valence-corrected chi connectivity index (χ0v) is 9.19. The lowest BCUT2D eigenvalue weighted by molar-refractivity contribution is -0.115. The molecule has 5 heteroatoms. The summed E-state index contributed by atoms with van der Waals surface area (Å²) in [4.78, 5) is 22.8. The van der Waals surface area contributed by atoms with Crippen molar-refractivity contribution in [1.82, 2.24) is 0 Å². The van der Waals surface area contributed by atoms with Gasteiger partial charge < -0.3 is 14.8 Å². The van der Waals surface area contributed by atoms with Crippen molar-refractivity contribution in [3.63, 3.8) is 0 Å². The molecule has 1 heterocycles. The number of amides is 1. The second-order valence-corrected chi connectivity index (χ2v) is 3.51. The highest BCUT2D eigenvalue weighted by Gasteiger charge is 2.14. The lowest BCUT2D eigenvalue weighted by Gasteiger charge is -2.06. The summed E-state index contributed by atoms with van der Waals surface area (Å²) >= 11 is 0. The second kappa shape index (κ2) is 4.29. The van der Waals surface area contributed by atoms with Crippen LogP contribution in [0.1, 0.15) is 13.3 Å². The minimum atomic E-state index is -0.761. The number of benzene rings is 1. The first-order chi connectivity index (χ1) is 8.13. The standard InChI is InChI=1S/C12H11NO4/c1-2-9(14)13-10-11(15)7-5-3-4-6-8(7)17-12(10)16/h3-6,15H,2H2,1H3,(H,13,14). The van der Waals surface area contributed by atoms with Crippen LogP contribution in [-0.4, -0.2) is 11.0 Å². The lowest BCUT2D eigenvalue weighted by Crippen LogP contribution is -2.16. The Morgan fingerprint density at radius 2 is 2.12 bits per heavy atom. The van der Waals surface area contributed by atoms with Crippen molar-refractivity contribution in [2.24, 2.45) is 0 Å². The van der Waals surface area contributed by atoms with Gasteiger partial charge in [0.25, 0.3) is 0 Å². The highest BCUT2D eigenvalue weighted by molar-refractivity contribution is 5.96. The third-order valence-corrected chi connectivity index (χ3v) is 2.37. The zero-order valence-electron chi connectivity index (χ0n) is 9.19. The van der Waals surface area contributed by atoms with Crippen LogP contribution >= 0.6 is 0 Å². The number of para-hydroxylation sites is 1. The fourth-order valence-corrected chi connectivity index (χ4v) is 1.47. The summed E-state index contributed by atoms with van der Waals surface area (Å²) in [6, 6.07) is 6.57. The van der Waals surface area contributed by atoms with Crippen LogP contribution in [0.15, 0.2) is 33.5 Å². The summed E-state index contributed by atoms with van der Waals surface area (Å²) in [5.74, 6) is -0.624. The largest absolute Gasteiger partial charge is 0.505 e. The Morgan fingerprint density at radius 3 is 2.82 bits per heavy atom. The van der Waals surface area contributed by atoms with Crippen molar-refractivity contribution < 1.29 is 14.3 Å². The Kier molecular flexibility index (Phi) is 2.82. The number of carbonyl (C=O) groups excluding carboxylic acids is 1. The second-order valence-electron chi connectivity index (χ2n) is 3.51. The molecule has 88 valence electrons. The highest BCUT2D eigenvalue weighted by Crippen LogP contribution is 2.29. The van der Waals surface area contributed by atoms with Crippen LogP contribution < -0.4 is 10.9 Å². The number of hydrogen-bond acceptors (Lipinski definition) is 4. The van der Waals surface area contributed by atoms with E-state index in [0.717, 1.165) is 0 Å². The molecule has 0 unspecified atom stereocenters. The number of fused-ring (bicyclic) bond motifs is 1. The summed E-state index contributed by atoms with van der Waals surface area (Å²) in [6.45, 7) is 1.65. The van der Waals surface area contributed by atoms with E-state index in [1.807, 2.05) is 0 Å². The molecule has 0 aliphatic rings. The molecule has 0 saturated heterocycles. The average molecular weight is 233 g/mol. The van der Waals surface area contributed by atoms with E-state index in [4.69, 9.17) is 4.42 Å². The molecule has 2 N–H and O–H groups in total. The van der Waals surface area contributed by atoms with Crippen LogP contribution in [0.25, 0.3) is 11.0 Å². The Balaban J connectivity index is 2.64. The van der Waals surface area contributed by atoms with Gasteiger partial charge in [0.05, 0.1) is 5.39 Å². The molecule has 0 spiro atoms. The van der Waals surface area contributed by atoms with E-state index in [0.29, 0.717) is 5.39 Å². The molecule has 1 aromatic carbocycles.